The Morgan fingerprint density at radius 2 is 1.86 bits per heavy atom. The van der Waals surface area contributed by atoms with Crippen molar-refractivity contribution in [2.24, 2.45) is 0 Å². The molecule has 0 spiro atoms. The Labute approximate surface area is 143 Å². The van der Waals surface area contributed by atoms with E-state index in [0.29, 0.717) is 0 Å². The van der Waals surface area contributed by atoms with Gasteiger partial charge in [0.2, 0.25) is 5.69 Å². The molecule has 0 fully saturated rings. The molecule has 0 bridgehead atoms. The Hall–Kier alpha value is -1.11. The van der Waals surface area contributed by atoms with Gasteiger partial charge in [0.1, 0.15) is 5.03 Å². The first kappa shape index (κ1) is 15.8. The van der Waals surface area contributed by atoms with Gasteiger partial charge in [0, 0.05) is 36.6 Å². The SMILES string of the molecule is CSC1=[N+](c2ccc(C)cc2)C(=O)/C(=C2\SC=C(C)N2C)S1. The van der Waals surface area contributed by atoms with Crippen LogP contribution in [0.1, 0.15) is 12.5 Å². The molecule has 0 unspecified atom stereocenters. The molecule has 0 atom stereocenters. The highest BCUT2D eigenvalue weighted by Crippen LogP contribution is 2.44. The number of nitrogens with zero attached hydrogens (tertiary/aromatic N) is 2. The molecule has 0 aliphatic carbocycles. The van der Waals surface area contributed by atoms with Crippen molar-refractivity contribution in [2.45, 2.75) is 13.8 Å². The normalized spacial score (nSPS) is 21.9. The topological polar surface area (TPSA) is 23.3 Å². The maximum absolute atomic E-state index is 12.9. The van der Waals surface area contributed by atoms with Crippen LogP contribution >= 0.6 is 35.3 Å². The second-order valence-electron chi connectivity index (χ2n) is 5.12. The van der Waals surface area contributed by atoms with Gasteiger partial charge in [-0.1, -0.05) is 41.2 Å². The molecule has 1 aromatic carbocycles. The number of carbonyl (C=O) groups is 1. The Bertz CT molecular complexity index is 732. The number of rotatable bonds is 1. The fourth-order valence-corrected chi connectivity index (χ4v) is 5.23. The summed E-state index contributed by atoms with van der Waals surface area (Å²) in [5.41, 5.74) is 3.29. The van der Waals surface area contributed by atoms with E-state index in [4.69, 9.17) is 0 Å². The van der Waals surface area contributed by atoms with E-state index < -0.39 is 0 Å². The summed E-state index contributed by atoms with van der Waals surface area (Å²) in [6.07, 6.45) is 2.01. The average Bonchev–Trinajstić information content (AvgIpc) is 3.01. The van der Waals surface area contributed by atoms with Crippen molar-refractivity contribution in [1.29, 1.82) is 0 Å². The zero-order chi connectivity index (χ0) is 15.9. The summed E-state index contributed by atoms with van der Waals surface area (Å²) >= 11 is 4.81. The molecule has 2 heterocycles. The molecule has 0 N–H and O–H groups in total. The third-order valence-electron chi connectivity index (χ3n) is 3.61. The van der Waals surface area contributed by atoms with E-state index >= 15 is 0 Å². The van der Waals surface area contributed by atoms with Crippen molar-refractivity contribution in [2.75, 3.05) is 13.3 Å². The predicted octanol–water partition coefficient (Wildman–Crippen LogP) is 4.34. The minimum absolute atomic E-state index is 0.0654. The lowest BCUT2D eigenvalue weighted by Crippen LogP contribution is -2.17. The summed E-state index contributed by atoms with van der Waals surface area (Å²) in [5, 5.41) is 3.11. The number of aryl methyl sites for hydroxylation is 1. The molecule has 0 radical (unpaired) electrons. The summed E-state index contributed by atoms with van der Waals surface area (Å²) in [7, 11) is 2.01. The summed E-state index contributed by atoms with van der Waals surface area (Å²) in [6, 6.07) is 8.09. The molecule has 0 saturated heterocycles. The average molecular weight is 350 g/mol. The minimum Gasteiger partial charge on any atom is -0.341 e. The van der Waals surface area contributed by atoms with Crippen LogP contribution in [0.4, 0.5) is 5.69 Å². The van der Waals surface area contributed by atoms with Crippen LogP contribution in [0.3, 0.4) is 0 Å². The van der Waals surface area contributed by atoms with Crippen molar-refractivity contribution in [1.82, 2.24) is 4.90 Å². The summed E-state index contributed by atoms with van der Waals surface area (Å²) in [4.78, 5) is 15.8. The lowest BCUT2D eigenvalue weighted by molar-refractivity contribution is -0.354. The Morgan fingerprint density at radius 1 is 1.18 bits per heavy atom. The fraction of sp³-hybridized carbons (Fsp3) is 0.250. The zero-order valence-electron chi connectivity index (χ0n) is 12.9. The Morgan fingerprint density at radius 3 is 2.41 bits per heavy atom. The van der Waals surface area contributed by atoms with Crippen LogP contribution in [0.15, 0.2) is 45.3 Å². The van der Waals surface area contributed by atoms with Crippen molar-refractivity contribution in [3.8, 4) is 0 Å². The molecule has 1 amide bonds. The number of hydrogen-bond donors (Lipinski definition) is 0. The van der Waals surface area contributed by atoms with Gasteiger partial charge >= 0.3 is 5.91 Å². The Balaban J connectivity index is 2.02. The van der Waals surface area contributed by atoms with E-state index in [9.17, 15) is 4.79 Å². The van der Waals surface area contributed by atoms with Gasteiger partial charge in [0.25, 0.3) is 4.38 Å². The third kappa shape index (κ3) is 2.64. The van der Waals surface area contributed by atoms with Crippen LogP contribution in [-0.2, 0) is 4.79 Å². The second kappa shape index (κ2) is 6.18. The van der Waals surface area contributed by atoms with Crippen LogP contribution in [0.5, 0.6) is 0 Å². The fourth-order valence-electron chi connectivity index (χ4n) is 2.21. The highest BCUT2D eigenvalue weighted by molar-refractivity contribution is 8.40. The van der Waals surface area contributed by atoms with Crippen LogP contribution in [-0.4, -0.2) is 33.1 Å². The van der Waals surface area contributed by atoms with Crippen molar-refractivity contribution < 1.29 is 9.37 Å². The van der Waals surface area contributed by atoms with Gasteiger partial charge < -0.3 is 4.90 Å². The Kier molecular flexibility index (Phi) is 4.43. The van der Waals surface area contributed by atoms with Crippen molar-refractivity contribution in [3.63, 3.8) is 0 Å². The maximum atomic E-state index is 12.9. The maximum Gasteiger partial charge on any atom is 0.436 e. The molecule has 1 aromatic rings. The standard InChI is InChI=1S/C16H17N2OS3/c1-10-5-7-12(8-6-10)18-14(19)13(22-16(18)20-4)15-17(3)11(2)9-21-15/h5-9H,1-4H3/q+1/b15-13+. The molecule has 3 nitrogen and oxygen atoms in total. The van der Waals surface area contributed by atoms with Gasteiger partial charge in [0.15, 0.2) is 4.91 Å². The van der Waals surface area contributed by atoms with Gasteiger partial charge in [-0.3, -0.25) is 0 Å². The number of allylic oxidation sites excluding steroid dienone is 1. The molecule has 114 valence electrons. The van der Waals surface area contributed by atoms with Gasteiger partial charge in [-0.05, 0) is 25.5 Å². The quantitative estimate of drug-likeness (QED) is 0.554. The van der Waals surface area contributed by atoms with E-state index in [1.54, 1.807) is 35.3 Å². The van der Waals surface area contributed by atoms with Gasteiger partial charge in [-0.25, -0.2) is 4.79 Å². The van der Waals surface area contributed by atoms with Gasteiger partial charge in [-0.15, -0.1) is 4.58 Å². The lowest BCUT2D eigenvalue weighted by Gasteiger charge is -2.14. The molecular formula is C16H17N2OS3+. The van der Waals surface area contributed by atoms with Crippen LogP contribution < -0.4 is 0 Å². The molecule has 2 aliphatic heterocycles. The first-order chi connectivity index (χ1) is 10.5. The van der Waals surface area contributed by atoms with Crippen molar-refractivity contribution in [3.05, 3.63) is 50.9 Å². The molecule has 0 saturated carbocycles. The van der Waals surface area contributed by atoms with Gasteiger partial charge in [0.05, 0.1) is 0 Å². The highest BCUT2D eigenvalue weighted by atomic mass is 32.2. The molecule has 0 aromatic heterocycles. The summed E-state index contributed by atoms with van der Waals surface area (Å²) < 4.78 is 2.83. The van der Waals surface area contributed by atoms with E-state index in [-0.39, 0.29) is 5.91 Å². The molecule has 3 rings (SSSR count). The second-order valence-corrected chi connectivity index (χ2v) is 8.03. The molecule has 6 heteroatoms. The lowest BCUT2D eigenvalue weighted by atomic mass is 10.2. The summed E-state index contributed by atoms with van der Waals surface area (Å²) in [6.45, 7) is 4.11. The number of thioether (sulfide) groups is 3. The zero-order valence-corrected chi connectivity index (χ0v) is 15.4. The van der Waals surface area contributed by atoms with E-state index in [2.05, 4.69) is 24.2 Å². The molecular weight excluding hydrogens is 332 g/mol. The number of carbonyl (C=O) groups excluding carboxylic acids is 1. The third-order valence-corrected chi connectivity index (χ3v) is 7.11. The first-order valence-electron chi connectivity index (χ1n) is 6.84. The van der Waals surface area contributed by atoms with Crippen molar-refractivity contribution >= 4 is 51.3 Å². The number of hydrogen-bond acceptors (Lipinski definition) is 5. The monoisotopic (exact) mass is 349 g/mol. The van der Waals surface area contributed by atoms with Crippen LogP contribution in [0.25, 0.3) is 0 Å². The predicted molar refractivity (Wildman–Crippen MR) is 98.4 cm³/mol. The smallest absolute Gasteiger partial charge is 0.341 e. The molecule has 22 heavy (non-hydrogen) atoms. The van der Waals surface area contributed by atoms with E-state index in [1.165, 1.54) is 11.3 Å². The first-order valence-corrected chi connectivity index (χ1v) is 9.76. The van der Waals surface area contributed by atoms with E-state index in [1.807, 2.05) is 42.1 Å². The van der Waals surface area contributed by atoms with Gasteiger partial charge in [-0.2, -0.15) is 0 Å². The summed E-state index contributed by atoms with van der Waals surface area (Å²) in [5.74, 6) is 0.0654. The largest absolute Gasteiger partial charge is 0.436 e. The highest BCUT2D eigenvalue weighted by Gasteiger charge is 2.43. The van der Waals surface area contributed by atoms with E-state index in [0.717, 1.165) is 20.0 Å². The number of amides is 1. The van der Waals surface area contributed by atoms with Crippen LogP contribution in [0.2, 0.25) is 0 Å². The number of benzene rings is 1. The molecule has 2 aliphatic rings. The van der Waals surface area contributed by atoms with Crippen LogP contribution in [0, 0.1) is 6.92 Å². The minimum atomic E-state index is 0.0654.